The molecular weight excluding hydrogens is 306 g/mol. The zero-order valence-corrected chi connectivity index (χ0v) is 13.2. The van der Waals surface area contributed by atoms with Gasteiger partial charge in [0.15, 0.2) is 0 Å². The van der Waals surface area contributed by atoms with Gasteiger partial charge in [0.25, 0.3) is 5.91 Å². The Morgan fingerprint density at radius 3 is 2.75 bits per heavy atom. The summed E-state index contributed by atoms with van der Waals surface area (Å²) in [5.41, 5.74) is 1.45. The molecule has 3 rings (SSSR count). The zero-order chi connectivity index (χ0) is 16.6. The summed E-state index contributed by atoms with van der Waals surface area (Å²) >= 11 is 0. The van der Waals surface area contributed by atoms with Crippen molar-refractivity contribution in [1.29, 1.82) is 0 Å². The Balaban J connectivity index is 1.41. The molecule has 0 aliphatic carbocycles. The number of aromatic nitrogens is 4. The average Bonchev–Trinajstić information content (AvgIpc) is 3.31. The van der Waals surface area contributed by atoms with Gasteiger partial charge >= 0.3 is 0 Å². The van der Waals surface area contributed by atoms with Gasteiger partial charge in [0.1, 0.15) is 0 Å². The third-order valence-corrected chi connectivity index (χ3v) is 3.43. The normalized spacial score (nSPS) is 10.7. The molecule has 124 valence electrons. The molecule has 0 unspecified atom stereocenters. The molecule has 1 aromatic carbocycles. The minimum atomic E-state index is -0.125. The SMILES string of the molecule is O=C(NCCOCCn1cccn1)c1cccc(-n2cccn2)c1. The number of rotatable bonds is 8. The molecule has 0 atom stereocenters. The highest BCUT2D eigenvalue weighted by Crippen LogP contribution is 2.09. The smallest absolute Gasteiger partial charge is 0.251 e. The Morgan fingerprint density at radius 1 is 1.08 bits per heavy atom. The summed E-state index contributed by atoms with van der Waals surface area (Å²) in [5.74, 6) is -0.125. The Bertz CT molecular complexity index is 753. The fraction of sp³-hybridized carbons (Fsp3) is 0.235. The van der Waals surface area contributed by atoms with Crippen molar-refractivity contribution in [2.24, 2.45) is 0 Å². The Labute approximate surface area is 139 Å². The summed E-state index contributed by atoms with van der Waals surface area (Å²) in [6.07, 6.45) is 7.16. The van der Waals surface area contributed by atoms with Crippen molar-refractivity contribution in [1.82, 2.24) is 24.9 Å². The molecular formula is C17H19N5O2. The van der Waals surface area contributed by atoms with Gasteiger partial charge in [-0.2, -0.15) is 10.2 Å². The van der Waals surface area contributed by atoms with Gasteiger partial charge < -0.3 is 10.1 Å². The van der Waals surface area contributed by atoms with Crippen molar-refractivity contribution in [3.63, 3.8) is 0 Å². The lowest BCUT2D eigenvalue weighted by Crippen LogP contribution is -2.27. The van der Waals surface area contributed by atoms with E-state index >= 15 is 0 Å². The van der Waals surface area contributed by atoms with Crippen LogP contribution in [0.25, 0.3) is 5.69 Å². The molecule has 7 nitrogen and oxygen atoms in total. The highest BCUT2D eigenvalue weighted by atomic mass is 16.5. The van der Waals surface area contributed by atoms with E-state index in [-0.39, 0.29) is 5.91 Å². The van der Waals surface area contributed by atoms with E-state index in [4.69, 9.17) is 4.74 Å². The maximum Gasteiger partial charge on any atom is 0.251 e. The number of ether oxygens (including phenoxy) is 1. The fourth-order valence-corrected chi connectivity index (χ4v) is 2.24. The minimum Gasteiger partial charge on any atom is -0.378 e. The van der Waals surface area contributed by atoms with Crippen molar-refractivity contribution in [3.8, 4) is 5.69 Å². The van der Waals surface area contributed by atoms with Crippen LogP contribution in [0.15, 0.2) is 61.2 Å². The largest absolute Gasteiger partial charge is 0.378 e. The van der Waals surface area contributed by atoms with Crippen LogP contribution in [-0.2, 0) is 11.3 Å². The summed E-state index contributed by atoms with van der Waals surface area (Å²) in [4.78, 5) is 12.2. The van der Waals surface area contributed by atoms with E-state index in [1.54, 1.807) is 33.9 Å². The van der Waals surface area contributed by atoms with E-state index in [1.165, 1.54) is 0 Å². The molecule has 2 heterocycles. The number of carbonyl (C=O) groups excluding carboxylic acids is 1. The van der Waals surface area contributed by atoms with E-state index in [2.05, 4.69) is 15.5 Å². The van der Waals surface area contributed by atoms with Gasteiger partial charge in [0.05, 0.1) is 25.4 Å². The molecule has 0 bridgehead atoms. The van der Waals surface area contributed by atoms with Crippen molar-refractivity contribution in [2.75, 3.05) is 19.8 Å². The van der Waals surface area contributed by atoms with Crippen LogP contribution in [-0.4, -0.2) is 45.2 Å². The van der Waals surface area contributed by atoms with Crippen molar-refractivity contribution < 1.29 is 9.53 Å². The van der Waals surface area contributed by atoms with Crippen LogP contribution in [0, 0.1) is 0 Å². The third kappa shape index (κ3) is 4.30. The van der Waals surface area contributed by atoms with Crippen molar-refractivity contribution >= 4 is 5.91 Å². The van der Waals surface area contributed by atoms with Gasteiger partial charge in [-0.1, -0.05) is 6.07 Å². The number of nitrogens with one attached hydrogen (secondary N) is 1. The Hall–Kier alpha value is -2.93. The maximum atomic E-state index is 12.2. The first-order valence-electron chi connectivity index (χ1n) is 7.76. The number of benzene rings is 1. The molecule has 0 saturated heterocycles. The van der Waals surface area contributed by atoms with Crippen LogP contribution >= 0.6 is 0 Å². The number of nitrogens with zero attached hydrogens (tertiary/aromatic N) is 4. The lowest BCUT2D eigenvalue weighted by molar-refractivity contribution is 0.0906. The predicted molar refractivity (Wildman–Crippen MR) is 88.9 cm³/mol. The van der Waals surface area contributed by atoms with E-state index in [0.29, 0.717) is 31.9 Å². The van der Waals surface area contributed by atoms with E-state index in [9.17, 15) is 4.79 Å². The van der Waals surface area contributed by atoms with Crippen LogP contribution in [0.5, 0.6) is 0 Å². The van der Waals surface area contributed by atoms with Gasteiger partial charge in [-0.05, 0) is 30.3 Å². The first kappa shape index (κ1) is 15.9. The standard InChI is InChI=1S/C17H19N5O2/c23-17(18-8-12-24-13-11-21-9-2-6-19-21)15-4-1-5-16(14-15)22-10-3-7-20-22/h1-7,9-10,14H,8,11-13H2,(H,18,23). The minimum absolute atomic E-state index is 0.125. The van der Waals surface area contributed by atoms with E-state index in [1.807, 2.05) is 36.7 Å². The molecule has 0 fully saturated rings. The van der Waals surface area contributed by atoms with Gasteiger partial charge in [0, 0.05) is 36.9 Å². The first-order valence-corrected chi connectivity index (χ1v) is 7.76. The summed E-state index contributed by atoms with van der Waals surface area (Å²) in [6, 6.07) is 11.0. The molecule has 0 spiro atoms. The molecule has 0 radical (unpaired) electrons. The third-order valence-electron chi connectivity index (χ3n) is 3.43. The Morgan fingerprint density at radius 2 is 1.96 bits per heavy atom. The van der Waals surface area contributed by atoms with Crippen LogP contribution in [0.3, 0.4) is 0 Å². The lowest BCUT2D eigenvalue weighted by Gasteiger charge is -2.08. The molecule has 7 heteroatoms. The predicted octanol–water partition coefficient (Wildman–Crippen LogP) is 1.52. The second-order valence-electron chi connectivity index (χ2n) is 5.14. The molecule has 1 amide bonds. The highest BCUT2D eigenvalue weighted by Gasteiger charge is 2.06. The quantitative estimate of drug-likeness (QED) is 0.637. The summed E-state index contributed by atoms with van der Waals surface area (Å²) < 4.78 is 9.01. The van der Waals surface area contributed by atoms with Crippen LogP contribution in [0.1, 0.15) is 10.4 Å². The molecule has 2 aromatic heterocycles. The van der Waals surface area contributed by atoms with Gasteiger partial charge in [0.2, 0.25) is 0 Å². The molecule has 0 aliphatic rings. The summed E-state index contributed by atoms with van der Waals surface area (Å²) in [5, 5.41) is 11.1. The molecule has 0 saturated carbocycles. The molecule has 1 N–H and O–H groups in total. The Kier molecular flexibility index (Phi) is 5.36. The number of hydrogen-bond donors (Lipinski definition) is 1. The van der Waals surface area contributed by atoms with Crippen LogP contribution < -0.4 is 5.32 Å². The molecule has 3 aromatic rings. The van der Waals surface area contributed by atoms with Crippen LogP contribution in [0.4, 0.5) is 0 Å². The average molecular weight is 325 g/mol. The second-order valence-corrected chi connectivity index (χ2v) is 5.14. The van der Waals surface area contributed by atoms with E-state index < -0.39 is 0 Å². The molecule has 24 heavy (non-hydrogen) atoms. The van der Waals surface area contributed by atoms with Crippen molar-refractivity contribution in [3.05, 3.63) is 66.7 Å². The summed E-state index contributed by atoms with van der Waals surface area (Å²) in [7, 11) is 0. The van der Waals surface area contributed by atoms with Gasteiger partial charge in [-0.15, -0.1) is 0 Å². The zero-order valence-electron chi connectivity index (χ0n) is 13.2. The monoisotopic (exact) mass is 325 g/mol. The van der Waals surface area contributed by atoms with Gasteiger partial charge in [-0.25, -0.2) is 4.68 Å². The first-order chi connectivity index (χ1) is 11.8. The number of amides is 1. The van der Waals surface area contributed by atoms with Crippen LogP contribution in [0.2, 0.25) is 0 Å². The van der Waals surface area contributed by atoms with Gasteiger partial charge in [-0.3, -0.25) is 9.48 Å². The second kappa shape index (κ2) is 8.07. The highest BCUT2D eigenvalue weighted by molar-refractivity contribution is 5.94. The lowest BCUT2D eigenvalue weighted by atomic mass is 10.2. The number of carbonyl (C=O) groups is 1. The maximum absolute atomic E-state index is 12.2. The van der Waals surface area contributed by atoms with Crippen molar-refractivity contribution in [2.45, 2.75) is 6.54 Å². The van der Waals surface area contributed by atoms with E-state index in [0.717, 1.165) is 5.69 Å². The fourth-order valence-electron chi connectivity index (χ4n) is 2.24. The topological polar surface area (TPSA) is 74.0 Å². The molecule has 0 aliphatic heterocycles. The number of hydrogen-bond acceptors (Lipinski definition) is 4. The summed E-state index contributed by atoms with van der Waals surface area (Å²) in [6.45, 7) is 2.19.